The zero-order valence-electron chi connectivity index (χ0n) is 23.5. The van der Waals surface area contributed by atoms with Crippen molar-refractivity contribution in [2.75, 3.05) is 30.9 Å². The van der Waals surface area contributed by atoms with Gasteiger partial charge in [0.25, 0.3) is 0 Å². The lowest BCUT2D eigenvalue weighted by Gasteiger charge is -2.30. The number of nitrogens with one attached hydrogen (secondary N) is 2. The van der Waals surface area contributed by atoms with Gasteiger partial charge in [-0.25, -0.2) is 9.97 Å². The first-order chi connectivity index (χ1) is 20.0. The Morgan fingerprint density at radius 2 is 1.51 bits per heavy atom. The monoisotopic (exact) mass is 582 g/mol. The van der Waals surface area contributed by atoms with Crippen LogP contribution in [0.3, 0.4) is 0 Å². The maximum absolute atomic E-state index is 6.17. The summed E-state index contributed by atoms with van der Waals surface area (Å²) in [5.74, 6) is 1.67. The van der Waals surface area contributed by atoms with E-state index in [0.29, 0.717) is 12.1 Å². The van der Waals surface area contributed by atoms with Gasteiger partial charge in [0.1, 0.15) is 10.8 Å². The highest BCUT2D eigenvalue weighted by molar-refractivity contribution is 7.15. The van der Waals surface area contributed by atoms with Crippen molar-refractivity contribution in [2.24, 2.45) is 0 Å². The summed E-state index contributed by atoms with van der Waals surface area (Å²) >= 11 is 7.96. The Morgan fingerprint density at radius 3 is 2.27 bits per heavy atom. The highest BCUT2D eigenvalue weighted by atomic mass is 35.5. The molecule has 1 aliphatic rings. The van der Waals surface area contributed by atoms with Crippen LogP contribution in [0.15, 0.2) is 78.9 Å². The topological polar surface area (TPSA) is 66.0 Å². The van der Waals surface area contributed by atoms with Gasteiger partial charge in [0, 0.05) is 59.1 Å². The van der Waals surface area contributed by atoms with Gasteiger partial charge < -0.3 is 15.5 Å². The largest absolute Gasteiger partial charge is 0.362 e. The van der Waals surface area contributed by atoms with Crippen molar-refractivity contribution in [1.82, 2.24) is 20.3 Å². The van der Waals surface area contributed by atoms with E-state index in [-0.39, 0.29) is 0 Å². The molecule has 0 amide bonds. The highest BCUT2D eigenvalue weighted by Crippen LogP contribution is 2.35. The number of rotatable bonds is 9. The Hall–Kier alpha value is -3.52. The Morgan fingerprint density at radius 1 is 0.805 bits per heavy atom. The number of anilines is 2. The van der Waals surface area contributed by atoms with Gasteiger partial charge >= 0.3 is 0 Å². The van der Waals surface area contributed by atoms with Crippen LogP contribution in [0.4, 0.5) is 11.8 Å². The average Bonchev–Trinajstić information content (AvgIpc) is 3.42. The molecule has 2 N–H and O–H groups in total. The molecule has 0 atom stereocenters. The molecule has 0 bridgehead atoms. The summed E-state index contributed by atoms with van der Waals surface area (Å²) < 4.78 is 0. The zero-order chi connectivity index (χ0) is 28.2. The number of nitrogens with zero attached hydrogens (tertiary/aromatic N) is 4. The molecule has 210 valence electrons. The summed E-state index contributed by atoms with van der Waals surface area (Å²) in [6.45, 7) is 0.930. The molecule has 0 spiro atoms. The average molecular weight is 583 g/mol. The molecule has 0 unspecified atom stereocenters. The van der Waals surface area contributed by atoms with Crippen LogP contribution >= 0.6 is 22.9 Å². The van der Waals surface area contributed by atoms with Gasteiger partial charge in [0.2, 0.25) is 5.95 Å². The van der Waals surface area contributed by atoms with Gasteiger partial charge in [-0.3, -0.25) is 0 Å². The number of halogens is 1. The molecule has 3 aromatic carbocycles. The zero-order valence-corrected chi connectivity index (χ0v) is 25.1. The molecule has 41 heavy (non-hydrogen) atoms. The number of para-hydroxylation sites is 1. The van der Waals surface area contributed by atoms with Crippen LogP contribution in [0, 0.1) is 0 Å². The second kappa shape index (κ2) is 12.6. The second-order valence-corrected chi connectivity index (χ2v) is 12.4. The highest BCUT2D eigenvalue weighted by Gasteiger charge is 2.22. The summed E-state index contributed by atoms with van der Waals surface area (Å²) in [6.07, 6.45) is 5.40. The van der Waals surface area contributed by atoms with Gasteiger partial charge in [0.15, 0.2) is 0 Å². The number of fused-ring (bicyclic) bond motifs is 1. The molecular formula is C33H35ClN6S. The quantitative estimate of drug-likeness (QED) is 0.186. The van der Waals surface area contributed by atoms with E-state index in [1.165, 1.54) is 4.88 Å². The molecule has 1 aliphatic carbocycles. The number of benzene rings is 3. The molecule has 0 radical (unpaired) electrons. The summed E-state index contributed by atoms with van der Waals surface area (Å²) in [7, 11) is 4.06. The molecule has 2 heterocycles. The minimum atomic E-state index is 0.385. The lowest BCUT2D eigenvalue weighted by Crippen LogP contribution is -2.38. The second-order valence-electron chi connectivity index (χ2n) is 10.8. The third kappa shape index (κ3) is 6.53. The van der Waals surface area contributed by atoms with Crippen molar-refractivity contribution < 1.29 is 0 Å². The van der Waals surface area contributed by atoms with Crippen LogP contribution in [0.5, 0.6) is 0 Å². The molecule has 1 fully saturated rings. The van der Waals surface area contributed by atoms with E-state index in [0.717, 1.165) is 88.2 Å². The van der Waals surface area contributed by atoms with Gasteiger partial charge in [-0.15, -0.1) is 11.3 Å². The van der Waals surface area contributed by atoms with Crippen LogP contribution in [0.25, 0.3) is 32.7 Å². The minimum absolute atomic E-state index is 0.385. The fourth-order valence-corrected chi connectivity index (χ4v) is 6.75. The maximum Gasteiger partial charge on any atom is 0.225 e. The van der Waals surface area contributed by atoms with Gasteiger partial charge in [-0.1, -0.05) is 66.2 Å². The Balaban J connectivity index is 1.07. The third-order valence-electron chi connectivity index (χ3n) is 7.69. The Bertz CT molecular complexity index is 1590. The minimum Gasteiger partial charge on any atom is -0.362 e. The first-order valence-corrected chi connectivity index (χ1v) is 15.5. The van der Waals surface area contributed by atoms with Crippen LogP contribution in [0.2, 0.25) is 5.02 Å². The van der Waals surface area contributed by atoms with Crippen LogP contribution < -0.4 is 15.5 Å². The number of aromatic nitrogens is 3. The summed E-state index contributed by atoms with van der Waals surface area (Å²) in [4.78, 5) is 18.1. The van der Waals surface area contributed by atoms with E-state index in [9.17, 15) is 0 Å². The number of hydrogen-bond donors (Lipinski definition) is 2. The van der Waals surface area contributed by atoms with E-state index in [1.807, 2.05) is 44.4 Å². The fraction of sp³-hybridized carbons (Fsp3) is 0.303. The van der Waals surface area contributed by atoms with Crippen LogP contribution in [-0.4, -0.2) is 47.7 Å². The fourth-order valence-electron chi connectivity index (χ4n) is 5.54. The molecule has 6 rings (SSSR count). The predicted octanol–water partition coefficient (Wildman–Crippen LogP) is 7.70. The van der Waals surface area contributed by atoms with E-state index in [2.05, 4.69) is 64.1 Å². The summed E-state index contributed by atoms with van der Waals surface area (Å²) in [5, 5.41) is 10.3. The molecular weight excluding hydrogens is 548 g/mol. The van der Waals surface area contributed by atoms with Crippen molar-refractivity contribution in [2.45, 2.75) is 44.2 Å². The van der Waals surface area contributed by atoms with Gasteiger partial charge in [-0.05, 0) is 56.4 Å². The Kier molecular flexibility index (Phi) is 8.46. The predicted molar refractivity (Wildman–Crippen MR) is 173 cm³/mol. The molecule has 2 aromatic heterocycles. The standard InChI is InChI=1S/C33H35ClN6S/c1-40(2)31-27-10-6-7-11-28(27)37-33(39-31)36-26-18-16-25(17-19-26)35-21-20-29-30(22-12-14-24(34)15-13-22)38-32(41-29)23-8-4-3-5-9-23/h3-15,25-26,35H,16-21H2,1-2H3,(H,36,37,39)/t25-,26+. The van der Waals surface area contributed by atoms with Crippen LogP contribution in [-0.2, 0) is 6.42 Å². The van der Waals surface area contributed by atoms with Crippen molar-refractivity contribution in [1.29, 1.82) is 0 Å². The molecule has 0 saturated heterocycles. The number of thiazole rings is 1. The van der Waals surface area contributed by atoms with Crippen molar-refractivity contribution in [3.8, 4) is 21.8 Å². The van der Waals surface area contributed by atoms with E-state index in [1.54, 1.807) is 11.3 Å². The van der Waals surface area contributed by atoms with Crippen molar-refractivity contribution in [3.05, 3.63) is 88.8 Å². The van der Waals surface area contributed by atoms with Crippen LogP contribution in [0.1, 0.15) is 30.6 Å². The normalized spacial score (nSPS) is 17.0. The lowest BCUT2D eigenvalue weighted by atomic mass is 9.91. The summed E-state index contributed by atoms with van der Waals surface area (Å²) in [5.41, 5.74) is 4.31. The SMILES string of the molecule is CN(C)c1nc(N[C@H]2CC[C@@H](NCCc3sc(-c4ccccc4)nc3-c3ccc(Cl)cc3)CC2)nc2ccccc12. The molecule has 0 aliphatic heterocycles. The van der Waals surface area contributed by atoms with Gasteiger partial charge in [-0.2, -0.15) is 4.98 Å². The van der Waals surface area contributed by atoms with Gasteiger partial charge in [0.05, 0.1) is 11.2 Å². The first kappa shape index (κ1) is 27.6. The lowest BCUT2D eigenvalue weighted by molar-refractivity contribution is 0.355. The van der Waals surface area contributed by atoms with E-state index in [4.69, 9.17) is 26.6 Å². The van der Waals surface area contributed by atoms with E-state index < -0.39 is 0 Å². The van der Waals surface area contributed by atoms with E-state index >= 15 is 0 Å². The molecule has 5 aromatic rings. The first-order valence-electron chi connectivity index (χ1n) is 14.3. The summed E-state index contributed by atoms with van der Waals surface area (Å²) in [6, 6.07) is 27.6. The molecule has 8 heteroatoms. The Labute approximate surface area is 250 Å². The number of hydrogen-bond acceptors (Lipinski definition) is 7. The maximum atomic E-state index is 6.17. The molecule has 6 nitrogen and oxygen atoms in total. The van der Waals surface area contributed by atoms with Crippen molar-refractivity contribution >= 4 is 45.6 Å². The molecule has 1 saturated carbocycles. The smallest absolute Gasteiger partial charge is 0.225 e. The third-order valence-corrected chi connectivity index (χ3v) is 9.10. The van der Waals surface area contributed by atoms with Crippen molar-refractivity contribution in [3.63, 3.8) is 0 Å².